The van der Waals surface area contributed by atoms with Crippen molar-refractivity contribution in [3.05, 3.63) is 112 Å². The molecule has 6 heteroatoms. The minimum absolute atomic E-state index is 0. The molecule has 4 aromatic rings. The fourth-order valence-corrected chi connectivity index (χ4v) is 6.63. The Bertz CT molecular complexity index is 1480. The van der Waals surface area contributed by atoms with Crippen LogP contribution in [-0.4, -0.2) is 16.7 Å². The number of aromatic nitrogens is 1. The van der Waals surface area contributed by atoms with Crippen LogP contribution in [0.2, 0.25) is 5.02 Å². The minimum Gasteiger partial charge on any atom is -0.550 e. The number of pyridine rings is 1. The van der Waals surface area contributed by atoms with Crippen LogP contribution in [0.25, 0.3) is 23.1 Å². The Hall–Kier alpha value is -2.08. The van der Waals surface area contributed by atoms with Crippen LogP contribution >= 0.6 is 23.4 Å². The summed E-state index contributed by atoms with van der Waals surface area (Å²) in [6.07, 6.45) is 8.24. The zero-order chi connectivity index (χ0) is 26.5. The van der Waals surface area contributed by atoms with Gasteiger partial charge in [0.1, 0.15) is 0 Å². The summed E-state index contributed by atoms with van der Waals surface area (Å²) in [5.74, 6) is -0.0838. The average Bonchev–Trinajstić information content (AvgIpc) is 3.67. The van der Waals surface area contributed by atoms with Gasteiger partial charge in [-0.3, -0.25) is 0 Å². The van der Waals surface area contributed by atoms with Gasteiger partial charge < -0.3 is 9.90 Å². The van der Waals surface area contributed by atoms with Gasteiger partial charge in [-0.1, -0.05) is 78.3 Å². The summed E-state index contributed by atoms with van der Waals surface area (Å²) in [4.78, 5) is 16.0. The second-order valence-electron chi connectivity index (χ2n) is 10.4. The van der Waals surface area contributed by atoms with Crippen molar-refractivity contribution < 1.29 is 39.5 Å². The summed E-state index contributed by atoms with van der Waals surface area (Å²) in [7, 11) is 0. The molecule has 0 aliphatic heterocycles. The topological polar surface area (TPSA) is 53.0 Å². The van der Waals surface area contributed by atoms with Crippen LogP contribution in [0.4, 0.5) is 0 Å². The molecule has 1 fully saturated rings. The van der Waals surface area contributed by atoms with Crippen molar-refractivity contribution in [3.63, 3.8) is 0 Å². The molecule has 0 radical (unpaired) electrons. The standard InChI is InChI=1S/C33H32ClNO2S.Na/c1-23-5-2-3-7-25(23)12-16-31(38-22-33(17-18-33)21-32(36)37)27-8-4-6-24(19-27)9-14-29-15-11-26-10-13-28(34)20-30(26)35-29;/h2-11,13-15,19-20,31H,12,16-18,21-22H2,1H3,(H,36,37);/q;+1/p-1/b14-9+;. The number of halogens is 1. The van der Waals surface area contributed by atoms with E-state index in [9.17, 15) is 9.90 Å². The summed E-state index contributed by atoms with van der Waals surface area (Å²) >= 11 is 8.05. The molecule has 1 aliphatic carbocycles. The Morgan fingerprint density at radius 1 is 1.05 bits per heavy atom. The molecule has 1 saturated carbocycles. The number of aryl methyl sites for hydroxylation is 2. The van der Waals surface area contributed by atoms with Gasteiger partial charge in [-0.25, -0.2) is 4.98 Å². The van der Waals surface area contributed by atoms with Gasteiger partial charge in [0, 0.05) is 21.6 Å². The van der Waals surface area contributed by atoms with E-state index in [-0.39, 0.29) is 46.6 Å². The zero-order valence-corrected chi connectivity index (χ0v) is 26.1. The molecule has 1 atom stereocenters. The SMILES string of the molecule is Cc1ccccc1CCC(SCC1(CC(=O)[O-])CC1)c1cccc(/C=C/c2ccc3ccc(Cl)cc3n2)c1.[Na+]. The van der Waals surface area contributed by atoms with Crippen molar-refractivity contribution in [2.75, 3.05) is 5.75 Å². The Balaban J connectivity index is 0.00000353. The molecule has 39 heavy (non-hydrogen) atoms. The third-order valence-electron chi connectivity index (χ3n) is 7.41. The Morgan fingerprint density at radius 3 is 2.62 bits per heavy atom. The first-order valence-electron chi connectivity index (χ1n) is 13.1. The summed E-state index contributed by atoms with van der Waals surface area (Å²) in [6, 6.07) is 27.0. The van der Waals surface area contributed by atoms with Gasteiger partial charge in [0.15, 0.2) is 0 Å². The van der Waals surface area contributed by atoms with Gasteiger partial charge in [0.05, 0.1) is 11.2 Å². The zero-order valence-electron chi connectivity index (χ0n) is 22.5. The quantitative estimate of drug-likeness (QED) is 0.248. The number of carboxylic acids is 1. The van der Waals surface area contributed by atoms with Crippen LogP contribution in [-0.2, 0) is 11.2 Å². The minimum atomic E-state index is -0.934. The number of hydrogen-bond acceptors (Lipinski definition) is 4. The number of benzene rings is 3. The third-order valence-corrected chi connectivity index (χ3v) is 9.33. The maximum absolute atomic E-state index is 11.3. The van der Waals surface area contributed by atoms with E-state index in [1.165, 1.54) is 16.7 Å². The van der Waals surface area contributed by atoms with E-state index in [0.717, 1.165) is 53.6 Å². The van der Waals surface area contributed by atoms with E-state index in [1.807, 2.05) is 42.1 Å². The van der Waals surface area contributed by atoms with Crippen LogP contribution < -0.4 is 34.7 Å². The molecular weight excluding hydrogens is 533 g/mol. The first kappa shape index (κ1) is 29.9. The van der Waals surface area contributed by atoms with E-state index >= 15 is 0 Å². The maximum Gasteiger partial charge on any atom is 1.00 e. The molecule has 0 bridgehead atoms. The maximum atomic E-state index is 11.3. The number of thioether (sulfide) groups is 1. The van der Waals surface area contributed by atoms with E-state index in [4.69, 9.17) is 16.6 Å². The number of carbonyl (C=O) groups is 1. The number of rotatable bonds is 11. The molecule has 0 N–H and O–H groups in total. The van der Waals surface area contributed by atoms with E-state index in [2.05, 4.69) is 67.6 Å². The van der Waals surface area contributed by atoms with Crippen LogP contribution in [0.5, 0.6) is 0 Å². The number of carbonyl (C=O) groups excluding carboxylic acids is 1. The third kappa shape index (κ3) is 8.22. The number of hydrogen-bond donors (Lipinski definition) is 0. The molecule has 1 aliphatic rings. The molecule has 1 heterocycles. The van der Waals surface area contributed by atoms with E-state index < -0.39 is 5.97 Å². The van der Waals surface area contributed by atoms with Gasteiger partial charge in [-0.2, -0.15) is 11.8 Å². The summed E-state index contributed by atoms with van der Waals surface area (Å²) in [5.41, 5.74) is 6.74. The van der Waals surface area contributed by atoms with Crippen LogP contribution in [0.3, 0.4) is 0 Å². The first-order valence-corrected chi connectivity index (χ1v) is 14.5. The largest absolute Gasteiger partial charge is 1.00 e. The average molecular weight is 564 g/mol. The molecule has 0 saturated heterocycles. The predicted octanol–water partition coefficient (Wildman–Crippen LogP) is 4.70. The molecule has 0 amide bonds. The van der Waals surface area contributed by atoms with Crippen molar-refractivity contribution in [1.29, 1.82) is 0 Å². The molecule has 5 rings (SSSR count). The van der Waals surface area contributed by atoms with Crippen LogP contribution in [0, 0.1) is 12.3 Å². The fraction of sp³-hybridized carbons (Fsp3) is 0.273. The van der Waals surface area contributed by atoms with E-state index in [0.29, 0.717) is 5.02 Å². The van der Waals surface area contributed by atoms with Gasteiger partial charge in [-0.05, 0) is 96.7 Å². The molecule has 3 aromatic carbocycles. The molecule has 194 valence electrons. The predicted molar refractivity (Wildman–Crippen MR) is 158 cm³/mol. The molecule has 0 spiro atoms. The Labute approximate surface area is 262 Å². The van der Waals surface area contributed by atoms with Crippen molar-refractivity contribution in [2.24, 2.45) is 5.41 Å². The van der Waals surface area contributed by atoms with Crippen molar-refractivity contribution >= 4 is 52.4 Å². The van der Waals surface area contributed by atoms with Gasteiger partial charge in [0.2, 0.25) is 0 Å². The number of aliphatic carboxylic acids is 1. The van der Waals surface area contributed by atoms with Crippen molar-refractivity contribution in [3.8, 4) is 0 Å². The van der Waals surface area contributed by atoms with Crippen molar-refractivity contribution in [1.82, 2.24) is 4.98 Å². The molecular formula is C33H31ClNNaO2S. The van der Waals surface area contributed by atoms with Gasteiger partial charge in [0.25, 0.3) is 0 Å². The fourth-order valence-electron chi connectivity index (χ4n) is 4.90. The molecule has 1 aromatic heterocycles. The molecule has 3 nitrogen and oxygen atoms in total. The smallest absolute Gasteiger partial charge is 0.550 e. The summed E-state index contributed by atoms with van der Waals surface area (Å²) in [6.45, 7) is 2.16. The first-order chi connectivity index (χ1) is 18.4. The van der Waals surface area contributed by atoms with Crippen LogP contribution in [0.1, 0.15) is 58.9 Å². The van der Waals surface area contributed by atoms with Crippen LogP contribution in [0.15, 0.2) is 78.9 Å². The Morgan fingerprint density at radius 2 is 1.85 bits per heavy atom. The second-order valence-corrected chi connectivity index (χ2v) is 12.0. The van der Waals surface area contributed by atoms with Gasteiger partial charge >= 0.3 is 29.6 Å². The monoisotopic (exact) mass is 563 g/mol. The number of carboxylic acid groups (broad SMARTS) is 1. The van der Waals surface area contributed by atoms with Crippen molar-refractivity contribution in [2.45, 2.75) is 44.3 Å². The molecule has 1 unspecified atom stereocenters. The summed E-state index contributed by atoms with van der Waals surface area (Å²) < 4.78 is 0. The van der Waals surface area contributed by atoms with E-state index in [1.54, 1.807) is 0 Å². The normalized spacial score (nSPS) is 14.7. The summed E-state index contributed by atoms with van der Waals surface area (Å²) in [5, 5.41) is 13.3. The number of nitrogens with zero attached hydrogens (tertiary/aromatic N) is 1. The number of fused-ring (bicyclic) bond motifs is 1. The second kappa shape index (κ2) is 13.5. The Kier molecular flexibility index (Phi) is 10.4. The van der Waals surface area contributed by atoms with Gasteiger partial charge in [-0.15, -0.1) is 0 Å².